The van der Waals surface area contributed by atoms with Crippen LogP contribution in [-0.2, 0) is 16.6 Å². The SMILES string of the molecule is CC(C)S(=O)(=O)N(CCN(C)C)Cc1c(-c2ccccc2)noc1N1CCCCC1. The van der Waals surface area contributed by atoms with Gasteiger partial charge in [-0.2, -0.15) is 4.31 Å². The molecule has 0 atom stereocenters. The molecular weight excluding hydrogens is 400 g/mol. The highest BCUT2D eigenvalue weighted by molar-refractivity contribution is 7.89. The van der Waals surface area contributed by atoms with Crippen molar-refractivity contribution in [3.8, 4) is 11.3 Å². The molecule has 1 aliphatic heterocycles. The molecule has 2 aromatic rings. The number of hydrogen-bond donors (Lipinski definition) is 0. The summed E-state index contributed by atoms with van der Waals surface area (Å²) in [6.45, 7) is 6.61. The Bertz CT molecular complexity index is 904. The Morgan fingerprint density at radius 2 is 1.73 bits per heavy atom. The molecule has 0 unspecified atom stereocenters. The lowest BCUT2D eigenvalue weighted by Gasteiger charge is -2.29. The number of piperidine rings is 1. The Morgan fingerprint density at radius 3 is 2.33 bits per heavy atom. The van der Waals surface area contributed by atoms with E-state index in [0.29, 0.717) is 19.0 Å². The molecule has 1 aromatic carbocycles. The number of hydrogen-bond acceptors (Lipinski definition) is 6. The molecule has 1 aromatic heterocycles. The van der Waals surface area contributed by atoms with Crippen LogP contribution in [0.3, 0.4) is 0 Å². The van der Waals surface area contributed by atoms with Crippen LogP contribution in [0.15, 0.2) is 34.9 Å². The van der Waals surface area contributed by atoms with Crippen LogP contribution >= 0.6 is 0 Å². The Kier molecular flexibility index (Phi) is 7.55. The fourth-order valence-corrected chi connectivity index (χ4v) is 4.94. The second-order valence-electron chi connectivity index (χ2n) is 8.46. The Morgan fingerprint density at radius 1 is 1.07 bits per heavy atom. The lowest BCUT2D eigenvalue weighted by molar-refractivity contribution is 0.326. The van der Waals surface area contributed by atoms with E-state index in [1.165, 1.54) is 6.42 Å². The highest BCUT2D eigenvalue weighted by atomic mass is 32.2. The molecule has 0 aliphatic carbocycles. The van der Waals surface area contributed by atoms with E-state index in [0.717, 1.165) is 42.8 Å². The molecule has 0 spiro atoms. The number of likely N-dealkylation sites (N-methyl/N-ethyl adjacent to an activating group) is 1. The molecule has 3 rings (SSSR count). The van der Waals surface area contributed by atoms with Gasteiger partial charge in [0, 0.05) is 38.3 Å². The highest BCUT2D eigenvalue weighted by Gasteiger charge is 2.31. The van der Waals surface area contributed by atoms with Gasteiger partial charge in [-0.3, -0.25) is 0 Å². The third-order valence-corrected chi connectivity index (χ3v) is 7.77. The van der Waals surface area contributed by atoms with Crippen molar-refractivity contribution < 1.29 is 12.9 Å². The summed E-state index contributed by atoms with van der Waals surface area (Å²) >= 11 is 0. The van der Waals surface area contributed by atoms with Gasteiger partial charge in [-0.1, -0.05) is 35.5 Å². The average molecular weight is 435 g/mol. The molecule has 166 valence electrons. The van der Waals surface area contributed by atoms with Gasteiger partial charge in [-0.25, -0.2) is 8.42 Å². The van der Waals surface area contributed by atoms with Crippen LogP contribution in [0.25, 0.3) is 11.3 Å². The molecular formula is C22H34N4O3S. The van der Waals surface area contributed by atoms with Crippen molar-refractivity contribution in [2.24, 2.45) is 0 Å². The first-order chi connectivity index (χ1) is 14.3. The van der Waals surface area contributed by atoms with Gasteiger partial charge in [0.15, 0.2) is 0 Å². The molecule has 0 bridgehead atoms. The van der Waals surface area contributed by atoms with Crippen molar-refractivity contribution in [1.29, 1.82) is 0 Å². The van der Waals surface area contributed by atoms with Crippen molar-refractivity contribution >= 4 is 15.9 Å². The standard InChI is InChI=1S/C22H34N4O3S/c1-18(2)30(27,28)26(16-15-24(3)4)17-20-21(19-11-7-5-8-12-19)23-29-22(20)25-13-9-6-10-14-25/h5,7-8,11-12,18H,6,9-10,13-17H2,1-4H3. The minimum atomic E-state index is -3.44. The van der Waals surface area contributed by atoms with Gasteiger partial charge >= 0.3 is 0 Å². The van der Waals surface area contributed by atoms with Crippen molar-refractivity contribution in [3.05, 3.63) is 35.9 Å². The van der Waals surface area contributed by atoms with E-state index < -0.39 is 15.3 Å². The van der Waals surface area contributed by atoms with E-state index in [1.54, 1.807) is 18.2 Å². The minimum Gasteiger partial charge on any atom is -0.340 e. The van der Waals surface area contributed by atoms with Crippen molar-refractivity contribution in [1.82, 2.24) is 14.4 Å². The molecule has 1 aliphatic rings. The van der Waals surface area contributed by atoms with E-state index in [4.69, 9.17) is 4.52 Å². The maximum Gasteiger partial charge on any atom is 0.232 e. The molecule has 0 saturated carbocycles. The number of benzene rings is 1. The Labute approximate surface area is 180 Å². The maximum atomic E-state index is 13.1. The Hall–Kier alpha value is -1.90. The van der Waals surface area contributed by atoms with Gasteiger partial charge in [0.05, 0.1) is 10.8 Å². The number of anilines is 1. The molecule has 7 nitrogen and oxygen atoms in total. The number of rotatable bonds is 9. The largest absolute Gasteiger partial charge is 0.340 e. The van der Waals surface area contributed by atoms with E-state index in [1.807, 2.05) is 49.3 Å². The average Bonchev–Trinajstić information content (AvgIpc) is 3.15. The zero-order valence-electron chi connectivity index (χ0n) is 18.5. The van der Waals surface area contributed by atoms with Crippen LogP contribution in [-0.4, -0.2) is 68.3 Å². The van der Waals surface area contributed by atoms with E-state index in [-0.39, 0.29) is 6.54 Å². The summed E-state index contributed by atoms with van der Waals surface area (Å²) in [4.78, 5) is 4.21. The van der Waals surface area contributed by atoms with Gasteiger partial charge in [0.25, 0.3) is 0 Å². The van der Waals surface area contributed by atoms with E-state index >= 15 is 0 Å². The molecule has 1 fully saturated rings. The van der Waals surface area contributed by atoms with Crippen LogP contribution in [0.4, 0.5) is 5.88 Å². The normalized spacial score (nSPS) is 15.5. The third kappa shape index (κ3) is 5.22. The molecule has 0 amide bonds. The quantitative estimate of drug-likeness (QED) is 0.602. The lowest BCUT2D eigenvalue weighted by Crippen LogP contribution is -2.40. The van der Waals surface area contributed by atoms with Crippen LogP contribution < -0.4 is 4.90 Å². The zero-order chi connectivity index (χ0) is 21.7. The number of nitrogens with zero attached hydrogens (tertiary/aromatic N) is 4. The fourth-order valence-electron chi connectivity index (χ4n) is 3.69. The summed E-state index contributed by atoms with van der Waals surface area (Å²) < 4.78 is 33.7. The molecule has 0 N–H and O–H groups in total. The van der Waals surface area contributed by atoms with Crippen molar-refractivity contribution in [2.75, 3.05) is 45.2 Å². The number of aromatic nitrogens is 1. The second kappa shape index (κ2) is 9.94. The first kappa shape index (κ1) is 22.8. The summed E-state index contributed by atoms with van der Waals surface area (Å²) in [7, 11) is 0.467. The van der Waals surface area contributed by atoms with Gasteiger partial charge in [0.2, 0.25) is 15.9 Å². The summed E-state index contributed by atoms with van der Waals surface area (Å²) in [6.07, 6.45) is 3.42. The second-order valence-corrected chi connectivity index (χ2v) is 10.9. The number of sulfonamides is 1. The van der Waals surface area contributed by atoms with Crippen LogP contribution in [0.5, 0.6) is 0 Å². The maximum absolute atomic E-state index is 13.1. The zero-order valence-corrected chi connectivity index (χ0v) is 19.4. The van der Waals surface area contributed by atoms with Gasteiger partial charge in [-0.15, -0.1) is 0 Å². The molecule has 0 radical (unpaired) electrons. The predicted octanol–water partition coefficient (Wildman–Crippen LogP) is 3.43. The highest BCUT2D eigenvalue weighted by Crippen LogP contribution is 2.34. The lowest BCUT2D eigenvalue weighted by atomic mass is 10.1. The Balaban J connectivity index is 2.02. The van der Waals surface area contributed by atoms with Crippen molar-refractivity contribution in [3.63, 3.8) is 0 Å². The van der Waals surface area contributed by atoms with Gasteiger partial charge in [0.1, 0.15) is 5.69 Å². The first-order valence-electron chi connectivity index (χ1n) is 10.7. The van der Waals surface area contributed by atoms with Gasteiger partial charge < -0.3 is 14.3 Å². The summed E-state index contributed by atoms with van der Waals surface area (Å²) in [5.41, 5.74) is 2.52. The van der Waals surface area contributed by atoms with E-state index in [9.17, 15) is 8.42 Å². The first-order valence-corrected chi connectivity index (χ1v) is 12.2. The molecule has 1 saturated heterocycles. The topological polar surface area (TPSA) is 69.9 Å². The summed E-state index contributed by atoms with van der Waals surface area (Å²) in [5.74, 6) is 0.711. The van der Waals surface area contributed by atoms with Gasteiger partial charge in [-0.05, 0) is 47.2 Å². The fraction of sp³-hybridized carbons (Fsp3) is 0.591. The summed E-state index contributed by atoms with van der Waals surface area (Å²) in [5, 5.41) is 3.90. The van der Waals surface area contributed by atoms with Crippen molar-refractivity contribution in [2.45, 2.75) is 44.9 Å². The monoisotopic (exact) mass is 434 g/mol. The van der Waals surface area contributed by atoms with Crippen LogP contribution in [0.2, 0.25) is 0 Å². The molecule has 30 heavy (non-hydrogen) atoms. The van der Waals surface area contributed by atoms with E-state index in [2.05, 4.69) is 10.1 Å². The summed E-state index contributed by atoms with van der Waals surface area (Å²) in [6, 6.07) is 9.86. The molecule has 8 heteroatoms. The minimum absolute atomic E-state index is 0.258. The van der Waals surface area contributed by atoms with Crippen LogP contribution in [0, 0.1) is 0 Å². The third-order valence-electron chi connectivity index (χ3n) is 5.54. The van der Waals surface area contributed by atoms with Crippen LogP contribution in [0.1, 0.15) is 38.7 Å². The molecule has 2 heterocycles. The predicted molar refractivity (Wildman–Crippen MR) is 121 cm³/mol. The smallest absolute Gasteiger partial charge is 0.232 e.